The molecule has 2 aromatic heterocycles. The monoisotopic (exact) mass is 542 g/mol. The minimum Gasteiger partial charge on any atom is -0.457 e. The molecule has 0 aliphatic heterocycles. The Labute approximate surface area is 222 Å². The van der Waals surface area contributed by atoms with Gasteiger partial charge >= 0.3 is 0 Å². The molecule has 0 radical (unpaired) electrons. The van der Waals surface area contributed by atoms with Gasteiger partial charge in [0.25, 0.3) is 0 Å². The van der Waals surface area contributed by atoms with Crippen molar-refractivity contribution in [1.82, 2.24) is 0 Å². The second-order valence-electron chi connectivity index (χ2n) is 8.12. The summed E-state index contributed by atoms with van der Waals surface area (Å²) in [5.41, 5.74) is 2.61. The van der Waals surface area contributed by atoms with Crippen molar-refractivity contribution in [1.29, 1.82) is 0 Å². The molecule has 2 aromatic carbocycles. The number of carbonyl (C=O) groups excluding carboxylic acids is 1. The van der Waals surface area contributed by atoms with Crippen LogP contribution in [0.15, 0.2) is 80.6 Å². The molecule has 1 saturated carbocycles. The SMILES string of the molecule is O=C1C(=Cc2ccc(-c3c(Cl)cccc3Cl)o2)CCCC1=Cc1ccc(-c2c(Cl)cccc2Cl)o1. The molecule has 1 fully saturated rings. The molecular weight excluding hydrogens is 526 g/mol. The van der Waals surface area contributed by atoms with E-state index in [2.05, 4.69) is 0 Å². The summed E-state index contributed by atoms with van der Waals surface area (Å²) in [6.45, 7) is 0. The van der Waals surface area contributed by atoms with E-state index in [0.717, 1.165) is 6.42 Å². The maximum atomic E-state index is 13.2. The van der Waals surface area contributed by atoms with Gasteiger partial charge in [0.15, 0.2) is 5.78 Å². The first-order valence-electron chi connectivity index (χ1n) is 10.9. The fraction of sp³-hybridized carbons (Fsp3) is 0.107. The van der Waals surface area contributed by atoms with E-state index in [1.807, 2.05) is 0 Å². The van der Waals surface area contributed by atoms with Crippen LogP contribution in [0, 0.1) is 0 Å². The first-order valence-corrected chi connectivity index (χ1v) is 12.5. The number of Topliss-reactive ketones (excluding diaryl/α,β-unsaturated/α-hetero) is 1. The zero-order valence-corrected chi connectivity index (χ0v) is 21.3. The average molecular weight is 544 g/mol. The molecule has 0 saturated heterocycles. The number of furan rings is 2. The fourth-order valence-corrected chi connectivity index (χ4v) is 5.28. The van der Waals surface area contributed by atoms with Crippen molar-refractivity contribution >= 4 is 64.3 Å². The number of allylic oxidation sites excluding steroid dienone is 2. The summed E-state index contributed by atoms with van der Waals surface area (Å²) in [7, 11) is 0. The zero-order chi connectivity index (χ0) is 24.5. The van der Waals surface area contributed by atoms with Gasteiger partial charge in [-0.05, 0) is 79.9 Å². The summed E-state index contributed by atoms with van der Waals surface area (Å²) < 4.78 is 11.9. The van der Waals surface area contributed by atoms with Crippen molar-refractivity contribution in [3.05, 3.63) is 103 Å². The second kappa shape index (κ2) is 10.1. The molecule has 0 unspecified atom stereocenters. The third-order valence-corrected chi connectivity index (χ3v) is 7.04. The van der Waals surface area contributed by atoms with Gasteiger partial charge in [-0.15, -0.1) is 0 Å². The molecule has 4 aromatic rings. The number of benzene rings is 2. The number of halogens is 4. The van der Waals surface area contributed by atoms with Crippen LogP contribution < -0.4 is 0 Å². The van der Waals surface area contributed by atoms with E-state index in [9.17, 15) is 4.79 Å². The van der Waals surface area contributed by atoms with Crippen molar-refractivity contribution in [2.24, 2.45) is 0 Å². The largest absolute Gasteiger partial charge is 0.457 e. The highest BCUT2D eigenvalue weighted by Gasteiger charge is 2.22. The minimum atomic E-state index is -0.0290. The molecule has 176 valence electrons. The normalized spacial score (nSPS) is 16.4. The molecule has 3 nitrogen and oxygen atoms in total. The molecule has 0 spiro atoms. The van der Waals surface area contributed by atoms with Crippen LogP contribution >= 0.6 is 46.4 Å². The Balaban J connectivity index is 1.40. The maximum absolute atomic E-state index is 13.2. The van der Waals surface area contributed by atoms with E-state index >= 15 is 0 Å². The molecule has 0 amide bonds. The number of carbonyl (C=O) groups is 1. The summed E-state index contributed by atoms with van der Waals surface area (Å²) >= 11 is 25.2. The van der Waals surface area contributed by atoms with Crippen LogP contribution in [0.1, 0.15) is 30.8 Å². The lowest BCUT2D eigenvalue weighted by Crippen LogP contribution is -2.12. The van der Waals surface area contributed by atoms with Crippen molar-refractivity contribution in [2.45, 2.75) is 19.3 Å². The van der Waals surface area contributed by atoms with Gasteiger partial charge in [0.05, 0.1) is 31.2 Å². The lowest BCUT2D eigenvalue weighted by atomic mass is 9.88. The van der Waals surface area contributed by atoms with Crippen molar-refractivity contribution < 1.29 is 13.6 Å². The first kappa shape index (κ1) is 24.0. The predicted molar refractivity (Wildman–Crippen MR) is 143 cm³/mol. The third kappa shape index (κ3) is 5.00. The topological polar surface area (TPSA) is 43.4 Å². The average Bonchev–Trinajstić information content (AvgIpc) is 3.46. The third-order valence-electron chi connectivity index (χ3n) is 5.78. The van der Waals surface area contributed by atoms with E-state index in [1.165, 1.54) is 0 Å². The van der Waals surface area contributed by atoms with Gasteiger partial charge in [-0.1, -0.05) is 58.5 Å². The molecule has 5 rings (SSSR count). The Kier molecular flexibility index (Phi) is 6.95. The van der Waals surface area contributed by atoms with Crippen LogP contribution in [0.2, 0.25) is 20.1 Å². The van der Waals surface area contributed by atoms with Crippen LogP contribution in [-0.4, -0.2) is 5.78 Å². The van der Waals surface area contributed by atoms with Crippen molar-refractivity contribution in [3.8, 4) is 22.6 Å². The Bertz CT molecular complexity index is 1340. The van der Waals surface area contributed by atoms with Crippen molar-refractivity contribution in [2.75, 3.05) is 0 Å². The lowest BCUT2D eigenvalue weighted by molar-refractivity contribution is -0.112. The molecule has 1 aliphatic rings. The van der Waals surface area contributed by atoms with Crippen LogP contribution in [0.4, 0.5) is 0 Å². The Morgan fingerprint density at radius 3 is 1.40 bits per heavy atom. The van der Waals surface area contributed by atoms with Crippen molar-refractivity contribution in [3.63, 3.8) is 0 Å². The van der Waals surface area contributed by atoms with E-state index in [1.54, 1.807) is 72.8 Å². The maximum Gasteiger partial charge on any atom is 0.185 e. The summed E-state index contributed by atoms with van der Waals surface area (Å²) in [5, 5.41) is 2.00. The van der Waals surface area contributed by atoms with E-state index in [4.69, 9.17) is 55.2 Å². The highest BCUT2D eigenvalue weighted by atomic mass is 35.5. The summed E-state index contributed by atoms with van der Waals surface area (Å²) in [6, 6.07) is 17.8. The molecule has 35 heavy (non-hydrogen) atoms. The van der Waals surface area contributed by atoms with Crippen LogP contribution in [-0.2, 0) is 4.79 Å². The molecule has 7 heteroatoms. The Morgan fingerprint density at radius 1 is 0.600 bits per heavy atom. The number of rotatable bonds is 4. The zero-order valence-electron chi connectivity index (χ0n) is 18.3. The van der Waals surface area contributed by atoms with E-state index in [-0.39, 0.29) is 5.78 Å². The summed E-state index contributed by atoms with van der Waals surface area (Å²) in [4.78, 5) is 13.2. The summed E-state index contributed by atoms with van der Waals surface area (Å²) in [6.07, 6.45) is 5.73. The highest BCUT2D eigenvalue weighted by molar-refractivity contribution is 6.39. The Hall–Kier alpha value is -2.69. The molecule has 1 aliphatic carbocycles. The highest BCUT2D eigenvalue weighted by Crippen LogP contribution is 2.38. The van der Waals surface area contributed by atoms with Crippen LogP contribution in [0.5, 0.6) is 0 Å². The number of hydrogen-bond donors (Lipinski definition) is 0. The van der Waals surface area contributed by atoms with Gasteiger partial charge in [-0.25, -0.2) is 0 Å². The number of hydrogen-bond acceptors (Lipinski definition) is 3. The van der Waals surface area contributed by atoms with Gasteiger partial charge in [0.1, 0.15) is 23.0 Å². The quantitative estimate of drug-likeness (QED) is 0.240. The molecule has 0 N–H and O–H groups in total. The number of ketones is 1. The molecular formula is C28H18Cl4O3. The van der Waals surface area contributed by atoms with Gasteiger partial charge in [0, 0.05) is 11.1 Å². The fourth-order valence-electron chi connectivity index (χ4n) is 4.12. The van der Waals surface area contributed by atoms with E-state index < -0.39 is 0 Å². The van der Waals surface area contributed by atoms with Crippen LogP contribution in [0.25, 0.3) is 34.8 Å². The molecule has 0 atom stereocenters. The standard InChI is InChI=1S/C28H18Cl4O3/c29-20-6-2-7-21(30)26(20)24-12-10-18(34-24)14-16-4-1-5-17(28(16)33)15-19-11-13-25(35-19)27-22(31)8-3-9-23(27)32/h2-3,6-15H,1,4-5H2. The second-order valence-corrected chi connectivity index (χ2v) is 9.75. The first-order chi connectivity index (χ1) is 16.9. The lowest BCUT2D eigenvalue weighted by Gasteiger charge is -2.15. The minimum absolute atomic E-state index is 0.0290. The van der Waals surface area contributed by atoms with Gasteiger partial charge in [-0.2, -0.15) is 0 Å². The summed E-state index contributed by atoms with van der Waals surface area (Å²) in [5.74, 6) is 2.20. The van der Waals surface area contributed by atoms with Crippen LogP contribution in [0.3, 0.4) is 0 Å². The van der Waals surface area contributed by atoms with Gasteiger partial charge < -0.3 is 8.83 Å². The van der Waals surface area contributed by atoms with E-state index in [0.29, 0.717) is 78.2 Å². The van der Waals surface area contributed by atoms with Gasteiger partial charge in [-0.3, -0.25) is 4.79 Å². The molecule has 0 bridgehead atoms. The van der Waals surface area contributed by atoms with Gasteiger partial charge in [0.2, 0.25) is 0 Å². The smallest absolute Gasteiger partial charge is 0.185 e. The predicted octanol–water partition coefficient (Wildman–Crippen LogP) is 10.0. The molecule has 2 heterocycles. The Morgan fingerprint density at radius 2 is 1.00 bits per heavy atom.